The second kappa shape index (κ2) is 9.23. The average molecular weight is 344 g/mol. The number of likely N-dealkylation sites (tertiary alicyclic amines) is 2. The highest BCUT2D eigenvalue weighted by molar-refractivity contribution is 5.78. The molecule has 2 saturated heterocycles. The van der Waals surface area contributed by atoms with Gasteiger partial charge in [-0.1, -0.05) is 18.6 Å². The van der Waals surface area contributed by atoms with Gasteiger partial charge in [0.2, 0.25) is 0 Å². The summed E-state index contributed by atoms with van der Waals surface area (Å²) in [7, 11) is 0. The molecule has 138 valence electrons. The number of benzene rings is 1. The van der Waals surface area contributed by atoms with Crippen molar-refractivity contribution in [2.75, 3.05) is 32.8 Å². The van der Waals surface area contributed by atoms with Gasteiger partial charge in [-0.2, -0.15) is 0 Å². The first-order valence-electron chi connectivity index (χ1n) is 9.94. The molecule has 0 aromatic heterocycles. The van der Waals surface area contributed by atoms with Gasteiger partial charge in [0, 0.05) is 19.1 Å². The van der Waals surface area contributed by atoms with Crippen LogP contribution in [-0.4, -0.2) is 54.5 Å². The molecular weight excluding hydrogens is 312 g/mol. The Morgan fingerprint density at radius 1 is 1.12 bits per heavy atom. The van der Waals surface area contributed by atoms with Gasteiger partial charge < -0.3 is 14.5 Å². The third kappa shape index (κ3) is 5.46. The Labute approximate surface area is 152 Å². The maximum atomic E-state index is 12.7. The van der Waals surface area contributed by atoms with Crippen LogP contribution in [0.3, 0.4) is 0 Å². The third-order valence-electron chi connectivity index (χ3n) is 5.53. The number of hydrogen-bond acceptors (Lipinski definition) is 3. The molecule has 4 heteroatoms. The highest BCUT2D eigenvalue weighted by Gasteiger charge is 2.27. The zero-order valence-corrected chi connectivity index (χ0v) is 15.6. The van der Waals surface area contributed by atoms with Crippen LogP contribution in [0.5, 0.6) is 5.75 Å². The second-order valence-electron chi connectivity index (χ2n) is 7.53. The highest BCUT2D eigenvalue weighted by atomic mass is 16.5. The first-order chi connectivity index (χ1) is 12.2. The van der Waals surface area contributed by atoms with Crippen LogP contribution in [0.25, 0.3) is 0 Å². The molecule has 1 aromatic carbocycles. The molecule has 0 saturated carbocycles. The van der Waals surface area contributed by atoms with Crippen molar-refractivity contribution in [3.05, 3.63) is 29.8 Å². The number of amides is 1. The van der Waals surface area contributed by atoms with E-state index in [9.17, 15) is 4.79 Å². The molecule has 1 aromatic rings. The summed E-state index contributed by atoms with van der Waals surface area (Å²) in [5.41, 5.74) is 1.15. The van der Waals surface area contributed by atoms with E-state index in [4.69, 9.17) is 4.74 Å². The van der Waals surface area contributed by atoms with Crippen molar-refractivity contribution in [1.29, 1.82) is 0 Å². The van der Waals surface area contributed by atoms with Gasteiger partial charge >= 0.3 is 0 Å². The lowest BCUT2D eigenvalue weighted by Gasteiger charge is -2.37. The minimum atomic E-state index is 0.143. The molecule has 2 heterocycles. The molecule has 0 bridgehead atoms. The molecule has 2 fully saturated rings. The summed E-state index contributed by atoms with van der Waals surface area (Å²) in [5.74, 6) is 0.931. The fraction of sp³-hybridized carbons (Fsp3) is 0.667. The van der Waals surface area contributed by atoms with E-state index in [0.29, 0.717) is 6.04 Å². The monoisotopic (exact) mass is 344 g/mol. The lowest BCUT2D eigenvalue weighted by Crippen LogP contribution is -2.47. The Morgan fingerprint density at radius 2 is 1.92 bits per heavy atom. The van der Waals surface area contributed by atoms with E-state index in [1.807, 2.05) is 31.2 Å². The number of piperidine rings is 2. The summed E-state index contributed by atoms with van der Waals surface area (Å²) >= 11 is 0. The molecular formula is C21H32N2O2. The zero-order chi connectivity index (χ0) is 17.5. The van der Waals surface area contributed by atoms with E-state index >= 15 is 0 Å². The van der Waals surface area contributed by atoms with Gasteiger partial charge in [0.05, 0.1) is 0 Å². The fourth-order valence-electron chi connectivity index (χ4n) is 4.08. The van der Waals surface area contributed by atoms with Crippen LogP contribution in [0.2, 0.25) is 0 Å². The van der Waals surface area contributed by atoms with Crippen LogP contribution in [0.4, 0.5) is 0 Å². The van der Waals surface area contributed by atoms with E-state index in [1.54, 1.807) is 0 Å². The van der Waals surface area contributed by atoms with E-state index < -0.39 is 0 Å². The molecule has 0 radical (unpaired) electrons. The summed E-state index contributed by atoms with van der Waals surface area (Å²) in [4.78, 5) is 17.4. The molecule has 1 unspecified atom stereocenters. The maximum Gasteiger partial charge on any atom is 0.260 e. The number of aryl methyl sites for hydroxylation is 1. The number of ether oxygens (including phenoxy) is 1. The van der Waals surface area contributed by atoms with Gasteiger partial charge in [0.1, 0.15) is 5.75 Å². The predicted molar refractivity (Wildman–Crippen MR) is 101 cm³/mol. The smallest absolute Gasteiger partial charge is 0.260 e. The zero-order valence-electron chi connectivity index (χ0n) is 15.6. The average Bonchev–Trinajstić information content (AvgIpc) is 2.65. The number of nitrogens with zero attached hydrogens (tertiary/aromatic N) is 2. The van der Waals surface area contributed by atoms with Gasteiger partial charge in [0.25, 0.3) is 5.91 Å². The lowest BCUT2D eigenvalue weighted by atomic mass is 9.98. The van der Waals surface area contributed by atoms with Crippen LogP contribution in [0, 0.1) is 6.92 Å². The molecule has 0 aliphatic carbocycles. The molecule has 0 spiro atoms. The third-order valence-corrected chi connectivity index (χ3v) is 5.53. The first-order valence-corrected chi connectivity index (χ1v) is 9.94. The van der Waals surface area contributed by atoms with Crippen molar-refractivity contribution in [2.24, 2.45) is 0 Å². The molecule has 2 aliphatic rings. The minimum absolute atomic E-state index is 0.143. The Kier molecular flexibility index (Phi) is 6.74. The fourth-order valence-corrected chi connectivity index (χ4v) is 4.08. The van der Waals surface area contributed by atoms with Gasteiger partial charge in [0.15, 0.2) is 6.61 Å². The number of carbonyl (C=O) groups is 1. The van der Waals surface area contributed by atoms with Gasteiger partial charge in [-0.15, -0.1) is 0 Å². The van der Waals surface area contributed by atoms with Crippen molar-refractivity contribution in [3.8, 4) is 5.75 Å². The van der Waals surface area contributed by atoms with Crippen LogP contribution >= 0.6 is 0 Å². The van der Waals surface area contributed by atoms with Gasteiger partial charge in [-0.05, 0) is 76.2 Å². The Bertz CT molecular complexity index is 555. The Hall–Kier alpha value is -1.55. The molecule has 25 heavy (non-hydrogen) atoms. The van der Waals surface area contributed by atoms with Crippen molar-refractivity contribution >= 4 is 5.91 Å². The Morgan fingerprint density at radius 3 is 2.72 bits per heavy atom. The standard InChI is InChI=1S/C21H32N2O2/c1-18-8-7-10-20(16-18)25-17-21(24)23-14-6-3-9-19(23)11-15-22-12-4-2-5-13-22/h7-8,10,16,19H,2-6,9,11-15,17H2,1H3. The number of hydrogen-bond donors (Lipinski definition) is 0. The SMILES string of the molecule is Cc1cccc(OCC(=O)N2CCCCC2CCN2CCCCC2)c1. The summed E-state index contributed by atoms with van der Waals surface area (Å²) in [5, 5.41) is 0. The van der Waals surface area contributed by atoms with E-state index in [1.165, 1.54) is 38.8 Å². The van der Waals surface area contributed by atoms with Crippen molar-refractivity contribution in [1.82, 2.24) is 9.80 Å². The summed E-state index contributed by atoms with van der Waals surface area (Å²) in [6.45, 7) is 6.68. The summed E-state index contributed by atoms with van der Waals surface area (Å²) in [6, 6.07) is 8.30. The molecule has 1 amide bonds. The summed E-state index contributed by atoms with van der Waals surface area (Å²) < 4.78 is 5.74. The molecule has 1 atom stereocenters. The summed E-state index contributed by atoms with van der Waals surface area (Å²) in [6.07, 6.45) is 8.65. The topological polar surface area (TPSA) is 32.8 Å². The first kappa shape index (κ1) is 18.2. The van der Waals surface area contributed by atoms with Gasteiger partial charge in [-0.3, -0.25) is 4.79 Å². The minimum Gasteiger partial charge on any atom is -0.484 e. The highest BCUT2D eigenvalue weighted by Crippen LogP contribution is 2.22. The van der Waals surface area contributed by atoms with E-state index in [-0.39, 0.29) is 12.5 Å². The van der Waals surface area contributed by atoms with Crippen molar-refractivity contribution in [3.63, 3.8) is 0 Å². The molecule has 2 aliphatic heterocycles. The number of carbonyl (C=O) groups excluding carboxylic acids is 1. The van der Waals surface area contributed by atoms with Crippen LogP contribution in [0.15, 0.2) is 24.3 Å². The molecule has 0 N–H and O–H groups in total. The maximum absolute atomic E-state index is 12.7. The van der Waals surface area contributed by atoms with Gasteiger partial charge in [-0.25, -0.2) is 0 Å². The van der Waals surface area contributed by atoms with Crippen molar-refractivity contribution in [2.45, 2.75) is 57.9 Å². The van der Waals surface area contributed by atoms with Crippen LogP contribution in [0.1, 0.15) is 50.5 Å². The van der Waals surface area contributed by atoms with Crippen molar-refractivity contribution < 1.29 is 9.53 Å². The molecule has 3 rings (SSSR count). The van der Waals surface area contributed by atoms with E-state index in [0.717, 1.165) is 43.7 Å². The lowest BCUT2D eigenvalue weighted by molar-refractivity contribution is -0.137. The second-order valence-corrected chi connectivity index (χ2v) is 7.53. The predicted octanol–water partition coefficient (Wildman–Crippen LogP) is 3.63. The van der Waals surface area contributed by atoms with Crippen LogP contribution in [-0.2, 0) is 4.79 Å². The normalized spacial score (nSPS) is 22.0. The Balaban J connectivity index is 1.49. The van der Waals surface area contributed by atoms with E-state index in [2.05, 4.69) is 9.80 Å². The largest absolute Gasteiger partial charge is 0.484 e. The quantitative estimate of drug-likeness (QED) is 0.790. The molecule has 4 nitrogen and oxygen atoms in total. The number of rotatable bonds is 6. The van der Waals surface area contributed by atoms with Crippen LogP contribution < -0.4 is 4.74 Å².